The van der Waals surface area contributed by atoms with Crippen LogP contribution in [0.4, 0.5) is 0 Å². The largest absolute Gasteiger partial charge is 0.463 e. The van der Waals surface area contributed by atoms with E-state index in [1.54, 1.807) is 13.0 Å². The highest BCUT2D eigenvalue weighted by molar-refractivity contribution is 5.81. The number of esters is 1. The zero-order valence-corrected chi connectivity index (χ0v) is 11.0. The van der Waals surface area contributed by atoms with Crippen LogP contribution in [0.15, 0.2) is 42.5 Å². The summed E-state index contributed by atoms with van der Waals surface area (Å²) in [6, 6.07) is 10.1. The molecule has 0 amide bonds. The van der Waals surface area contributed by atoms with Crippen LogP contribution in [0.1, 0.15) is 31.9 Å². The normalized spacial score (nSPS) is 12.6. The highest BCUT2D eigenvalue weighted by Crippen LogP contribution is 2.20. The number of ether oxygens (including phenoxy) is 2. The molecule has 1 rings (SSSR count). The van der Waals surface area contributed by atoms with Crippen molar-refractivity contribution in [2.24, 2.45) is 0 Å². The van der Waals surface area contributed by atoms with Gasteiger partial charge in [-0.15, -0.1) is 0 Å². The van der Waals surface area contributed by atoms with Gasteiger partial charge in [-0.25, -0.2) is 4.79 Å². The van der Waals surface area contributed by atoms with Crippen molar-refractivity contribution in [3.05, 3.63) is 48.0 Å². The lowest BCUT2D eigenvalue weighted by Crippen LogP contribution is -2.04. The first-order valence-electron chi connectivity index (χ1n) is 6.27. The van der Waals surface area contributed by atoms with Gasteiger partial charge in [0, 0.05) is 6.08 Å². The molecule has 0 fully saturated rings. The molecule has 3 heteroatoms. The van der Waals surface area contributed by atoms with Crippen LogP contribution in [0.5, 0.6) is 0 Å². The fraction of sp³-hybridized carbons (Fsp3) is 0.400. The quantitative estimate of drug-likeness (QED) is 0.548. The zero-order chi connectivity index (χ0) is 13.2. The lowest BCUT2D eigenvalue weighted by atomic mass is 10.1. The molecule has 1 aromatic carbocycles. The fourth-order valence-corrected chi connectivity index (χ4v) is 1.62. The molecule has 0 aromatic heterocycles. The highest BCUT2D eigenvalue weighted by Gasteiger charge is 2.07. The molecule has 98 valence electrons. The van der Waals surface area contributed by atoms with Gasteiger partial charge in [0.25, 0.3) is 0 Å². The van der Waals surface area contributed by atoms with E-state index in [0.717, 1.165) is 12.0 Å². The van der Waals surface area contributed by atoms with Crippen LogP contribution < -0.4 is 0 Å². The van der Waals surface area contributed by atoms with Crippen molar-refractivity contribution in [3.8, 4) is 0 Å². The molecule has 0 bridgehead atoms. The third kappa shape index (κ3) is 5.15. The fourth-order valence-electron chi connectivity index (χ4n) is 1.62. The molecule has 1 atom stereocenters. The van der Waals surface area contributed by atoms with Gasteiger partial charge in [0.15, 0.2) is 0 Å². The van der Waals surface area contributed by atoms with Gasteiger partial charge in [0.05, 0.1) is 19.3 Å². The van der Waals surface area contributed by atoms with Gasteiger partial charge in [-0.2, -0.15) is 0 Å². The van der Waals surface area contributed by atoms with Crippen molar-refractivity contribution in [1.82, 2.24) is 0 Å². The van der Waals surface area contributed by atoms with Crippen LogP contribution in [0.25, 0.3) is 0 Å². The lowest BCUT2D eigenvalue weighted by molar-refractivity contribution is -0.137. The Morgan fingerprint density at radius 1 is 1.28 bits per heavy atom. The molecule has 1 unspecified atom stereocenters. The van der Waals surface area contributed by atoms with Crippen molar-refractivity contribution in [1.29, 1.82) is 0 Å². The molecule has 0 aliphatic rings. The van der Waals surface area contributed by atoms with E-state index in [2.05, 4.69) is 6.92 Å². The smallest absolute Gasteiger partial charge is 0.330 e. The second-order valence-corrected chi connectivity index (χ2v) is 3.80. The minimum Gasteiger partial charge on any atom is -0.463 e. The van der Waals surface area contributed by atoms with Crippen LogP contribution in [0.3, 0.4) is 0 Å². The van der Waals surface area contributed by atoms with Gasteiger partial charge < -0.3 is 9.47 Å². The van der Waals surface area contributed by atoms with E-state index < -0.39 is 0 Å². The summed E-state index contributed by atoms with van der Waals surface area (Å²) in [5.74, 6) is -0.325. The summed E-state index contributed by atoms with van der Waals surface area (Å²) in [7, 11) is 0. The molecule has 0 saturated carbocycles. The Labute approximate surface area is 108 Å². The van der Waals surface area contributed by atoms with Crippen LogP contribution in [-0.2, 0) is 14.3 Å². The Morgan fingerprint density at radius 3 is 2.61 bits per heavy atom. The topological polar surface area (TPSA) is 35.5 Å². The third-order valence-electron chi connectivity index (χ3n) is 2.48. The molecule has 0 N–H and O–H groups in total. The predicted molar refractivity (Wildman–Crippen MR) is 71.2 cm³/mol. The number of rotatable bonds is 7. The molecule has 1 aromatic rings. The zero-order valence-electron chi connectivity index (χ0n) is 11.0. The maximum absolute atomic E-state index is 11.1. The van der Waals surface area contributed by atoms with Gasteiger partial charge in [-0.05, 0) is 18.9 Å². The molecule has 0 spiro atoms. The van der Waals surface area contributed by atoms with E-state index in [9.17, 15) is 4.79 Å². The maximum Gasteiger partial charge on any atom is 0.330 e. The Hall–Kier alpha value is -1.61. The summed E-state index contributed by atoms with van der Waals surface area (Å²) in [6.45, 7) is 4.66. The van der Waals surface area contributed by atoms with Gasteiger partial charge >= 0.3 is 5.97 Å². The number of hydrogen-bond donors (Lipinski definition) is 0. The minimum absolute atomic E-state index is 0.0676. The summed E-state index contributed by atoms with van der Waals surface area (Å²) >= 11 is 0. The van der Waals surface area contributed by atoms with Crippen molar-refractivity contribution >= 4 is 5.97 Å². The maximum atomic E-state index is 11.1. The molecular weight excluding hydrogens is 228 g/mol. The van der Waals surface area contributed by atoms with Crippen LogP contribution in [0, 0.1) is 0 Å². The third-order valence-corrected chi connectivity index (χ3v) is 2.48. The molecule has 0 heterocycles. The van der Waals surface area contributed by atoms with E-state index in [1.807, 2.05) is 30.3 Å². The molecule has 3 nitrogen and oxygen atoms in total. The van der Waals surface area contributed by atoms with E-state index in [0.29, 0.717) is 13.2 Å². The Bertz CT molecular complexity index is 371. The standard InChI is InChI=1S/C15H20O3/c1-3-14(13-9-6-5-7-10-13)18-12-8-11-15(16)17-4-2/h5-11,14H,3-4,12H2,1-2H3/b11-8+. The van der Waals surface area contributed by atoms with Crippen LogP contribution in [0.2, 0.25) is 0 Å². The van der Waals surface area contributed by atoms with Gasteiger partial charge in [0.1, 0.15) is 0 Å². The first kappa shape index (κ1) is 14.5. The SMILES string of the molecule is CCOC(=O)/C=C/COC(CC)c1ccccc1. The summed E-state index contributed by atoms with van der Waals surface area (Å²) in [5, 5.41) is 0. The minimum atomic E-state index is -0.325. The van der Waals surface area contributed by atoms with E-state index >= 15 is 0 Å². The van der Waals surface area contributed by atoms with Gasteiger partial charge in [0.2, 0.25) is 0 Å². The average molecular weight is 248 g/mol. The highest BCUT2D eigenvalue weighted by atomic mass is 16.5. The molecule has 0 aliphatic heterocycles. The van der Waals surface area contributed by atoms with Gasteiger partial charge in [-0.3, -0.25) is 0 Å². The molecule has 0 radical (unpaired) electrons. The Morgan fingerprint density at radius 2 is 2.00 bits per heavy atom. The van der Waals surface area contributed by atoms with Crippen LogP contribution >= 0.6 is 0 Å². The Balaban J connectivity index is 2.39. The second-order valence-electron chi connectivity index (χ2n) is 3.80. The Kier molecular flexibility index (Phi) is 6.81. The van der Waals surface area contributed by atoms with Crippen molar-refractivity contribution < 1.29 is 14.3 Å². The number of hydrogen-bond acceptors (Lipinski definition) is 3. The number of carbonyl (C=O) groups excluding carboxylic acids is 1. The molecule has 0 aliphatic carbocycles. The number of carbonyl (C=O) groups is 1. The summed E-state index contributed by atoms with van der Waals surface area (Å²) in [6.07, 6.45) is 4.06. The monoisotopic (exact) mass is 248 g/mol. The first-order chi connectivity index (χ1) is 8.77. The van der Waals surface area contributed by atoms with E-state index in [4.69, 9.17) is 9.47 Å². The predicted octanol–water partition coefficient (Wildman–Crippen LogP) is 3.27. The number of benzene rings is 1. The molecular formula is C15H20O3. The van der Waals surface area contributed by atoms with Gasteiger partial charge in [-0.1, -0.05) is 43.3 Å². The van der Waals surface area contributed by atoms with Crippen molar-refractivity contribution in [3.63, 3.8) is 0 Å². The molecule has 18 heavy (non-hydrogen) atoms. The van der Waals surface area contributed by atoms with Crippen molar-refractivity contribution in [2.45, 2.75) is 26.4 Å². The second kappa shape index (κ2) is 8.48. The summed E-state index contributed by atoms with van der Waals surface area (Å²) in [5.41, 5.74) is 1.16. The molecule has 0 saturated heterocycles. The van der Waals surface area contributed by atoms with Crippen molar-refractivity contribution in [2.75, 3.05) is 13.2 Å². The lowest BCUT2D eigenvalue weighted by Gasteiger charge is -2.15. The van der Waals surface area contributed by atoms with E-state index in [-0.39, 0.29) is 12.1 Å². The average Bonchev–Trinajstić information content (AvgIpc) is 2.40. The van der Waals surface area contributed by atoms with Crippen LogP contribution in [-0.4, -0.2) is 19.2 Å². The van der Waals surface area contributed by atoms with E-state index in [1.165, 1.54) is 6.08 Å². The summed E-state index contributed by atoms with van der Waals surface area (Å²) in [4.78, 5) is 11.1. The first-order valence-corrected chi connectivity index (χ1v) is 6.27. The summed E-state index contributed by atoms with van der Waals surface area (Å²) < 4.78 is 10.5.